The first-order chi connectivity index (χ1) is 11.9. The summed E-state index contributed by atoms with van der Waals surface area (Å²) in [5.41, 5.74) is 1.85. The van der Waals surface area contributed by atoms with Gasteiger partial charge in [-0.15, -0.1) is 0 Å². The van der Waals surface area contributed by atoms with Crippen molar-refractivity contribution >= 4 is 0 Å². The summed E-state index contributed by atoms with van der Waals surface area (Å²) < 4.78 is 0. The van der Waals surface area contributed by atoms with Crippen molar-refractivity contribution in [3.05, 3.63) is 71.8 Å². The minimum Gasteiger partial charge on any atom is -0.389 e. The van der Waals surface area contributed by atoms with Crippen LogP contribution in [0.15, 0.2) is 60.7 Å². The van der Waals surface area contributed by atoms with Gasteiger partial charge >= 0.3 is 0 Å². The Morgan fingerprint density at radius 2 is 1.16 bits per heavy atom. The normalized spacial score (nSPS) is 33.6. The van der Waals surface area contributed by atoms with Crippen molar-refractivity contribution in [3.63, 3.8) is 0 Å². The van der Waals surface area contributed by atoms with Crippen LogP contribution in [0, 0.1) is 17.8 Å². The molecule has 5 atom stereocenters. The van der Waals surface area contributed by atoms with E-state index in [1.54, 1.807) is 0 Å². The second kappa shape index (κ2) is 6.93. The van der Waals surface area contributed by atoms with E-state index in [1.807, 2.05) is 0 Å². The topological polar surface area (TPSA) is 23.5 Å². The van der Waals surface area contributed by atoms with Crippen molar-refractivity contribution in [2.45, 2.75) is 45.4 Å². The fraction of sp³-hybridized carbons (Fsp3) is 0.478. The molecule has 1 saturated heterocycles. The molecule has 0 radical (unpaired) electrons. The molecule has 0 spiro atoms. The van der Waals surface area contributed by atoms with Crippen LogP contribution in [-0.4, -0.2) is 22.7 Å². The van der Waals surface area contributed by atoms with Crippen LogP contribution < -0.4 is 0 Å². The summed E-state index contributed by atoms with van der Waals surface area (Å²) in [6.45, 7) is 8.74. The molecule has 0 aromatic heterocycles. The van der Waals surface area contributed by atoms with Gasteiger partial charge in [-0.3, -0.25) is 4.90 Å². The van der Waals surface area contributed by atoms with Crippen molar-refractivity contribution in [1.29, 1.82) is 0 Å². The molecule has 1 aliphatic heterocycles. The van der Waals surface area contributed by atoms with Crippen LogP contribution in [0.2, 0.25) is 0 Å². The number of nitrogens with zero attached hydrogens (tertiary/aromatic N) is 1. The molecule has 2 nitrogen and oxygen atoms in total. The standard InChI is InChI=1S/C23H31NO/c1-16(2)23(25)17(3)21(19-12-8-6-9-13-19)24(5)22(18(23)4)20-14-10-7-11-15-20/h6-18,21-22,25H,1-5H3/t17-,18-,21-,22+,23?/m0/s1. The van der Waals surface area contributed by atoms with Crippen LogP contribution in [0.1, 0.15) is 50.9 Å². The van der Waals surface area contributed by atoms with Crippen molar-refractivity contribution in [3.8, 4) is 0 Å². The number of hydrogen-bond acceptors (Lipinski definition) is 2. The number of piperidine rings is 1. The number of likely N-dealkylation sites (tertiary alicyclic amines) is 1. The predicted molar refractivity (Wildman–Crippen MR) is 104 cm³/mol. The van der Waals surface area contributed by atoms with E-state index in [4.69, 9.17) is 0 Å². The molecule has 3 rings (SSSR count). The zero-order chi connectivity index (χ0) is 18.2. The smallest absolute Gasteiger partial charge is 0.0757 e. The van der Waals surface area contributed by atoms with Crippen molar-refractivity contribution in [2.24, 2.45) is 17.8 Å². The lowest BCUT2D eigenvalue weighted by molar-refractivity contribution is -0.179. The molecular formula is C23H31NO. The Labute approximate surface area is 152 Å². The van der Waals surface area contributed by atoms with Gasteiger partial charge in [0.05, 0.1) is 5.60 Å². The van der Waals surface area contributed by atoms with E-state index >= 15 is 0 Å². The van der Waals surface area contributed by atoms with E-state index < -0.39 is 5.60 Å². The van der Waals surface area contributed by atoms with Gasteiger partial charge in [0.25, 0.3) is 0 Å². The summed E-state index contributed by atoms with van der Waals surface area (Å²) >= 11 is 0. The Morgan fingerprint density at radius 1 is 0.800 bits per heavy atom. The van der Waals surface area contributed by atoms with E-state index in [1.165, 1.54) is 11.1 Å². The molecule has 1 fully saturated rings. The summed E-state index contributed by atoms with van der Waals surface area (Å²) in [7, 11) is 2.21. The Morgan fingerprint density at radius 3 is 1.48 bits per heavy atom. The molecule has 2 aromatic rings. The zero-order valence-electron chi connectivity index (χ0n) is 16.1. The number of hydrogen-bond donors (Lipinski definition) is 1. The highest BCUT2D eigenvalue weighted by molar-refractivity contribution is 5.28. The van der Waals surface area contributed by atoms with Gasteiger partial charge in [-0.1, -0.05) is 88.4 Å². The average molecular weight is 338 g/mol. The first-order valence-corrected chi connectivity index (χ1v) is 9.43. The van der Waals surface area contributed by atoms with Gasteiger partial charge < -0.3 is 5.11 Å². The van der Waals surface area contributed by atoms with E-state index in [0.29, 0.717) is 0 Å². The van der Waals surface area contributed by atoms with Gasteiger partial charge in [0.1, 0.15) is 0 Å². The quantitative estimate of drug-likeness (QED) is 0.845. The number of aliphatic hydroxyl groups is 1. The van der Waals surface area contributed by atoms with Crippen molar-refractivity contribution in [1.82, 2.24) is 4.90 Å². The minimum absolute atomic E-state index is 0.148. The molecule has 1 N–H and O–H groups in total. The predicted octanol–water partition coefficient (Wildman–Crippen LogP) is 5.07. The molecule has 2 aromatic carbocycles. The maximum Gasteiger partial charge on any atom is 0.0757 e. The largest absolute Gasteiger partial charge is 0.389 e. The monoisotopic (exact) mass is 337 g/mol. The van der Waals surface area contributed by atoms with Crippen LogP contribution in [0.3, 0.4) is 0 Å². The molecular weight excluding hydrogens is 306 g/mol. The molecule has 2 heteroatoms. The first-order valence-electron chi connectivity index (χ1n) is 9.43. The lowest BCUT2D eigenvalue weighted by Gasteiger charge is -2.58. The van der Waals surface area contributed by atoms with E-state index in [-0.39, 0.29) is 29.8 Å². The molecule has 1 aliphatic rings. The van der Waals surface area contributed by atoms with Gasteiger partial charge in [0, 0.05) is 23.9 Å². The summed E-state index contributed by atoms with van der Waals surface area (Å²) in [6, 6.07) is 21.6. The Kier molecular flexibility index (Phi) is 5.04. The van der Waals surface area contributed by atoms with Gasteiger partial charge in [0.15, 0.2) is 0 Å². The Hall–Kier alpha value is -1.64. The molecule has 1 unspecified atom stereocenters. The summed E-state index contributed by atoms with van der Waals surface area (Å²) in [5, 5.41) is 11.8. The molecule has 0 amide bonds. The maximum absolute atomic E-state index is 11.8. The van der Waals surface area contributed by atoms with Crippen LogP contribution in [0.25, 0.3) is 0 Å². The molecule has 134 valence electrons. The molecule has 0 saturated carbocycles. The average Bonchev–Trinajstić information content (AvgIpc) is 2.62. The van der Waals surface area contributed by atoms with E-state index in [9.17, 15) is 5.11 Å². The van der Waals surface area contributed by atoms with Gasteiger partial charge in [-0.05, 0) is 24.1 Å². The molecule has 0 bridgehead atoms. The van der Waals surface area contributed by atoms with Crippen LogP contribution in [0.4, 0.5) is 0 Å². The molecule has 25 heavy (non-hydrogen) atoms. The summed E-state index contributed by atoms with van der Waals surface area (Å²) in [4.78, 5) is 2.47. The van der Waals surface area contributed by atoms with Crippen LogP contribution in [0.5, 0.6) is 0 Å². The van der Waals surface area contributed by atoms with Crippen LogP contribution in [-0.2, 0) is 0 Å². The Bertz CT molecular complexity index is 628. The maximum atomic E-state index is 11.8. The lowest BCUT2D eigenvalue weighted by atomic mass is 9.61. The highest BCUT2D eigenvalue weighted by atomic mass is 16.3. The number of rotatable bonds is 3. The SMILES string of the molecule is CC(C)C1(O)[C@@H](C)[C@@H](c2ccccc2)N(C)[C@@H](c2ccccc2)[C@@H]1C. The third kappa shape index (κ3) is 2.92. The third-order valence-electron chi connectivity index (χ3n) is 6.49. The van der Waals surface area contributed by atoms with Gasteiger partial charge in [0.2, 0.25) is 0 Å². The molecule has 1 heterocycles. The third-order valence-corrected chi connectivity index (χ3v) is 6.49. The minimum atomic E-state index is -0.715. The van der Waals surface area contributed by atoms with Gasteiger partial charge in [-0.2, -0.15) is 0 Å². The first kappa shape index (κ1) is 18.2. The summed E-state index contributed by atoms with van der Waals surface area (Å²) in [5.74, 6) is 0.494. The Balaban J connectivity index is 2.13. The van der Waals surface area contributed by atoms with Gasteiger partial charge in [-0.25, -0.2) is 0 Å². The fourth-order valence-corrected chi connectivity index (χ4v) is 5.20. The fourth-order valence-electron chi connectivity index (χ4n) is 5.20. The highest BCUT2D eigenvalue weighted by Crippen LogP contribution is 2.54. The van der Waals surface area contributed by atoms with E-state index in [0.717, 1.165) is 0 Å². The second-order valence-corrected chi connectivity index (χ2v) is 8.00. The highest BCUT2D eigenvalue weighted by Gasteiger charge is 2.55. The number of benzene rings is 2. The lowest BCUT2D eigenvalue weighted by Crippen LogP contribution is -2.60. The van der Waals surface area contributed by atoms with Crippen molar-refractivity contribution < 1.29 is 5.11 Å². The van der Waals surface area contributed by atoms with Crippen molar-refractivity contribution in [2.75, 3.05) is 7.05 Å². The summed E-state index contributed by atoms with van der Waals surface area (Å²) in [6.07, 6.45) is 0. The second-order valence-electron chi connectivity index (χ2n) is 8.00. The van der Waals surface area contributed by atoms with E-state index in [2.05, 4.69) is 100 Å². The van der Waals surface area contributed by atoms with Crippen LogP contribution >= 0.6 is 0 Å². The zero-order valence-corrected chi connectivity index (χ0v) is 16.1. The molecule has 0 aliphatic carbocycles.